The number of aromatic hydroxyl groups is 1. The summed E-state index contributed by atoms with van der Waals surface area (Å²) >= 11 is 3.40. The van der Waals surface area contributed by atoms with Crippen LogP contribution in [0, 0.1) is 0 Å². The molecule has 20 heavy (non-hydrogen) atoms. The summed E-state index contributed by atoms with van der Waals surface area (Å²) in [5.41, 5.74) is 0.890. The molecule has 0 atom stereocenters. The molecule has 7 heteroatoms. The number of sulfonamides is 1. The highest BCUT2D eigenvalue weighted by Gasteiger charge is 2.28. The maximum Gasteiger partial charge on any atom is 0.214 e. The molecule has 2 rings (SSSR count). The van der Waals surface area contributed by atoms with Gasteiger partial charge in [-0.2, -0.15) is 4.31 Å². The van der Waals surface area contributed by atoms with Crippen LogP contribution >= 0.6 is 15.9 Å². The second kappa shape index (κ2) is 6.43. The van der Waals surface area contributed by atoms with E-state index in [-0.39, 0.29) is 5.75 Å². The molecule has 1 heterocycles. The summed E-state index contributed by atoms with van der Waals surface area (Å²) in [6.45, 7) is 5.04. The average Bonchev–Trinajstić information content (AvgIpc) is 2.43. The van der Waals surface area contributed by atoms with E-state index in [9.17, 15) is 13.5 Å². The fourth-order valence-electron chi connectivity index (χ4n) is 2.40. The minimum absolute atomic E-state index is 0.161. The first-order chi connectivity index (χ1) is 9.42. The van der Waals surface area contributed by atoms with Gasteiger partial charge in [0.15, 0.2) is 0 Å². The summed E-state index contributed by atoms with van der Waals surface area (Å²) in [5.74, 6) is 0.457. The Hall–Kier alpha value is -0.630. The van der Waals surface area contributed by atoms with Crippen molar-refractivity contribution in [2.75, 3.05) is 31.9 Å². The lowest BCUT2D eigenvalue weighted by atomic mass is 10.2. The van der Waals surface area contributed by atoms with Gasteiger partial charge in [0.1, 0.15) is 12.3 Å². The van der Waals surface area contributed by atoms with Gasteiger partial charge >= 0.3 is 0 Å². The predicted molar refractivity (Wildman–Crippen MR) is 81.2 cm³/mol. The zero-order valence-electron chi connectivity index (χ0n) is 11.5. The molecule has 0 unspecified atom stereocenters. The molecule has 1 aliphatic rings. The van der Waals surface area contributed by atoms with Crippen LogP contribution in [0.5, 0.6) is 5.75 Å². The lowest BCUT2D eigenvalue weighted by molar-refractivity contribution is -0.917. The van der Waals surface area contributed by atoms with Gasteiger partial charge in [0, 0.05) is 10.0 Å². The number of piperazine rings is 1. The molecule has 0 amide bonds. The number of hydrogen-bond donors (Lipinski definition) is 2. The number of hydrogen-bond acceptors (Lipinski definition) is 3. The molecule has 2 N–H and O–H groups in total. The van der Waals surface area contributed by atoms with E-state index < -0.39 is 10.0 Å². The van der Waals surface area contributed by atoms with E-state index in [0.29, 0.717) is 25.4 Å². The summed E-state index contributed by atoms with van der Waals surface area (Å²) in [4.78, 5) is 1.29. The summed E-state index contributed by atoms with van der Waals surface area (Å²) < 4.78 is 26.1. The van der Waals surface area contributed by atoms with Gasteiger partial charge in [0.2, 0.25) is 10.0 Å². The fourth-order valence-corrected chi connectivity index (χ4v) is 3.92. The van der Waals surface area contributed by atoms with Gasteiger partial charge in [-0.3, -0.25) is 0 Å². The van der Waals surface area contributed by atoms with Gasteiger partial charge in [-0.15, -0.1) is 0 Å². The van der Waals surface area contributed by atoms with Gasteiger partial charge in [0.25, 0.3) is 0 Å². The summed E-state index contributed by atoms with van der Waals surface area (Å²) in [6, 6.07) is 5.40. The van der Waals surface area contributed by atoms with Crippen LogP contribution in [-0.2, 0) is 16.6 Å². The molecule has 0 saturated carbocycles. The molecule has 1 aliphatic heterocycles. The number of nitrogens with zero attached hydrogens (tertiary/aromatic N) is 1. The van der Waals surface area contributed by atoms with E-state index in [0.717, 1.165) is 23.1 Å². The monoisotopic (exact) mass is 363 g/mol. The first-order valence-electron chi connectivity index (χ1n) is 6.71. The summed E-state index contributed by atoms with van der Waals surface area (Å²) in [5, 5.41) is 9.84. The van der Waals surface area contributed by atoms with E-state index in [1.54, 1.807) is 23.4 Å². The number of rotatable bonds is 4. The van der Waals surface area contributed by atoms with Gasteiger partial charge < -0.3 is 10.0 Å². The summed E-state index contributed by atoms with van der Waals surface area (Å²) in [6.07, 6.45) is 0. The van der Waals surface area contributed by atoms with Crippen LogP contribution in [0.1, 0.15) is 12.5 Å². The second-order valence-electron chi connectivity index (χ2n) is 5.00. The molecule has 0 aromatic heterocycles. The number of halogens is 1. The van der Waals surface area contributed by atoms with Crippen molar-refractivity contribution in [3.63, 3.8) is 0 Å². The maximum absolute atomic E-state index is 11.8. The van der Waals surface area contributed by atoms with Crippen molar-refractivity contribution in [3.05, 3.63) is 28.2 Å². The normalized spacial score (nSPS) is 18.3. The van der Waals surface area contributed by atoms with E-state index in [2.05, 4.69) is 15.9 Å². The highest BCUT2D eigenvalue weighted by atomic mass is 79.9. The molecule has 0 aliphatic carbocycles. The van der Waals surface area contributed by atoms with Crippen LogP contribution in [-0.4, -0.2) is 49.8 Å². The third kappa shape index (κ3) is 3.72. The lowest BCUT2D eigenvalue weighted by Crippen LogP contribution is -3.13. The molecule has 5 nitrogen and oxygen atoms in total. The number of quaternary nitrogens is 1. The first kappa shape index (κ1) is 15.8. The highest BCUT2D eigenvalue weighted by molar-refractivity contribution is 9.10. The quantitative estimate of drug-likeness (QED) is 0.803. The molecule has 112 valence electrons. The molecule has 0 spiro atoms. The Morgan fingerprint density at radius 3 is 2.60 bits per heavy atom. The van der Waals surface area contributed by atoms with Gasteiger partial charge in [-0.25, -0.2) is 8.42 Å². The van der Waals surface area contributed by atoms with E-state index >= 15 is 0 Å². The standard InChI is InChI=1S/C13H19BrN2O3S/c1-2-20(18,19)16-7-5-15(6-8-16)10-11-9-12(14)3-4-13(11)17/h3-4,9,17H,2,5-8,10H2,1H3/p+1. The van der Waals surface area contributed by atoms with E-state index in [4.69, 9.17) is 0 Å². The van der Waals surface area contributed by atoms with Gasteiger partial charge in [-0.1, -0.05) is 15.9 Å². The van der Waals surface area contributed by atoms with Crippen LogP contribution < -0.4 is 4.90 Å². The Balaban J connectivity index is 1.96. The van der Waals surface area contributed by atoms with Crippen molar-refractivity contribution in [3.8, 4) is 5.75 Å². The Morgan fingerprint density at radius 2 is 2.00 bits per heavy atom. The molecule has 0 bridgehead atoms. The lowest BCUT2D eigenvalue weighted by Gasteiger charge is -2.31. The Bertz CT molecular complexity index is 569. The molecule has 1 fully saturated rings. The minimum Gasteiger partial charge on any atom is -0.507 e. The van der Waals surface area contributed by atoms with Crippen LogP contribution in [0.15, 0.2) is 22.7 Å². The third-order valence-electron chi connectivity index (χ3n) is 3.67. The molecule has 1 aromatic carbocycles. The second-order valence-corrected chi connectivity index (χ2v) is 8.17. The van der Waals surface area contributed by atoms with E-state index in [1.807, 2.05) is 6.07 Å². The number of nitrogens with one attached hydrogen (secondary N) is 1. The molecule has 0 radical (unpaired) electrons. The van der Waals surface area contributed by atoms with Crippen molar-refractivity contribution in [1.29, 1.82) is 0 Å². The molecular formula is C13H20BrN2O3S+. The van der Waals surface area contributed by atoms with Crippen molar-refractivity contribution >= 4 is 26.0 Å². The van der Waals surface area contributed by atoms with Crippen LogP contribution in [0.4, 0.5) is 0 Å². The van der Waals surface area contributed by atoms with Crippen molar-refractivity contribution in [2.45, 2.75) is 13.5 Å². The number of phenolic OH excluding ortho intramolecular Hbond substituents is 1. The Kier molecular flexibility index (Phi) is 5.06. The summed E-state index contributed by atoms with van der Waals surface area (Å²) in [7, 11) is -3.07. The predicted octanol–water partition coefficient (Wildman–Crippen LogP) is 0.205. The SMILES string of the molecule is CCS(=O)(=O)N1CC[NH+](Cc2cc(Br)ccc2O)CC1. The first-order valence-corrected chi connectivity index (χ1v) is 9.11. The fraction of sp³-hybridized carbons (Fsp3) is 0.538. The Labute approximate surface area is 128 Å². The average molecular weight is 364 g/mol. The van der Waals surface area contributed by atoms with Crippen molar-refractivity contribution < 1.29 is 18.4 Å². The smallest absolute Gasteiger partial charge is 0.214 e. The van der Waals surface area contributed by atoms with Crippen LogP contribution in [0.3, 0.4) is 0 Å². The number of phenols is 1. The van der Waals surface area contributed by atoms with Crippen molar-refractivity contribution in [2.24, 2.45) is 0 Å². The van der Waals surface area contributed by atoms with Crippen LogP contribution in [0.2, 0.25) is 0 Å². The molecule has 1 saturated heterocycles. The van der Waals surface area contributed by atoms with Gasteiger partial charge in [0.05, 0.1) is 31.9 Å². The maximum atomic E-state index is 11.8. The topological polar surface area (TPSA) is 62.0 Å². The minimum atomic E-state index is -3.07. The third-order valence-corrected chi connectivity index (χ3v) is 6.04. The molecule has 1 aromatic rings. The van der Waals surface area contributed by atoms with E-state index in [1.165, 1.54) is 4.90 Å². The van der Waals surface area contributed by atoms with Gasteiger partial charge in [-0.05, 0) is 25.1 Å². The number of benzene rings is 1. The largest absolute Gasteiger partial charge is 0.507 e. The zero-order valence-corrected chi connectivity index (χ0v) is 13.9. The van der Waals surface area contributed by atoms with Crippen molar-refractivity contribution in [1.82, 2.24) is 4.31 Å². The molecular weight excluding hydrogens is 344 g/mol. The Morgan fingerprint density at radius 1 is 1.35 bits per heavy atom. The zero-order chi connectivity index (χ0) is 14.8. The highest BCUT2D eigenvalue weighted by Crippen LogP contribution is 2.21. The van der Waals surface area contributed by atoms with Crippen LogP contribution in [0.25, 0.3) is 0 Å².